The number of nitrogens with one attached hydrogen (secondary N) is 1. The fourth-order valence-corrected chi connectivity index (χ4v) is 2.44. The van der Waals surface area contributed by atoms with Crippen LogP contribution in [0.3, 0.4) is 0 Å². The van der Waals surface area contributed by atoms with Crippen LogP contribution in [0.4, 0.5) is 5.69 Å². The van der Waals surface area contributed by atoms with Gasteiger partial charge in [-0.1, -0.05) is 13.3 Å². The Morgan fingerprint density at radius 3 is 2.75 bits per heavy atom. The third-order valence-corrected chi connectivity index (χ3v) is 3.71. The van der Waals surface area contributed by atoms with Crippen LogP contribution in [-0.2, 0) is 0 Å². The first-order valence-electron chi connectivity index (χ1n) is 6.93. The Bertz CT molecular complexity index is 502. The Hall–Kier alpha value is -1.91. The van der Waals surface area contributed by atoms with E-state index in [1.165, 1.54) is 7.11 Å². The highest BCUT2D eigenvalue weighted by molar-refractivity contribution is 6.01. The van der Waals surface area contributed by atoms with Gasteiger partial charge in [-0.25, -0.2) is 0 Å². The molecular formula is C15H22N2O3. The van der Waals surface area contributed by atoms with Crippen molar-refractivity contribution in [3.8, 4) is 11.5 Å². The summed E-state index contributed by atoms with van der Waals surface area (Å²) in [6, 6.07) is 3.59. The molecule has 1 aromatic carbocycles. The van der Waals surface area contributed by atoms with Crippen molar-refractivity contribution in [2.75, 3.05) is 20.0 Å². The van der Waals surface area contributed by atoms with Gasteiger partial charge in [-0.2, -0.15) is 0 Å². The zero-order chi connectivity index (χ0) is 14.7. The van der Waals surface area contributed by atoms with Gasteiger partial charge in [0, 0.05) is 12.1 Å². The monoisotopic (exact) mass is 278 g/mol. The van der Waals surface area contributed by atoms with Gasteiger partial charge in [0.1, 0.15) is 11.5 Å². The lowest BCUT2D eigenvalue weighted by molar-refractivity contribution is 0.0949. The number of nitrogens with two attached hydrogens (primary N) is 1. The second-order valence-electron chi connectivity index (χ2n) is 5.16. The average Bonchev–Trinajstić information content (AvgIpc) is 3.17. The maximum atomic E-state index is 12.3. The van der Waals surface area contributed by atoms with Crippen molar-refractivity contribution >= 4 is 11.6 Å². The molecule has 5 heteroatoms. The highest BCUT2D eigenvalue weighted by Gasteiger charge is 2.37. The molecule has 0 aromatic heterocycles. The lowest BCUT2D eigenvalue weighted by Crippen LogP contribution is -2.27. The van der Waals surface area contributed by atoms with E-state index in [4.69, 9.17) is 15.2 Å². The molecule has 1 aliphatic rings. The van der Waals surface area contributed by atoms with E-state index in [0.29, 0.717) is 28.7 Å². The van der Waals surface area contributed by atoms with Gasteiger partial charge < -0.3 is 20.5 Å². The summed E-state index contributed by atoms with van der Waals surface area (Å²) in [6.45, 7) is 2.15. The zero-order valence-electron chi connectivity index (χ0n) is 12.2. The molecule has 1 fully saturated rings. The number of nitrogen functional groups attached to an aromatic ring is 1. The molecule has 1 amide bonds. The fraction of sp³-hybridized carbons (Fsp3) is 0.533. The minimum absolute atomic E-state index is 0.164. The van der Waals surface area contributed by atoms with Crippen LogP contribution < -0.4 is 20.5 Å². The van der Waals surface area contributed by atoms with Crippen molar-refractivity contribution in [1.82, 2.24) is 5.32 Å². The molecule has 2 unspecified atom stereocenters. The van der Waals surface area contributed by atoms with Crippen LogP contribution in [0.25, 0.3) is 0 Å². The van der Waals surface area contributed by atoms with E-state index in [1.807, 2.05) is 0 Å². The van der Waals surface area contributed by atoms with E-state index in [-0.39, 0.29) is 11.9 Å². The number of carbonyl (C=O) groups is 1. The summed E-state index contributed by atoms with van der Waals surface area (Å²) in [5, 5.41) is 3.02. The number of amides is 1. The van der Waals surface area contributed by atoms with Crippen LogP contribution >= 0.6 is 0 Å². The molecule has 0 spiro atoms. The van der Waals surface area contributed by atoms with Crippen LogP contribution in [0.2, 0.25) is 0 Å². The van der Waals surface area contributed by atoms with E-state index in [0.717, 1.165) is 19.3 Å². The van der Waals surface area contributed by atoms with Crippen molar-refractivity contribution in [1.29, 1.82) is 0 Å². The summed E-state index contributed by atoms with van der Waals surface area (Å²) < 4.78 is 10.3. The number of benzene rings is 1. The average molecular weight is 278 g/mol. The molecule has 0 bridgehead atoms. The zero-order valence-corrected chi connectivity index (χ0v) is 12.2. The molecule has 20 heavy (non-hydrogen) atoms. The van der Waals surface area contributed by atoms with Crippen molar-refractivity contribution < 1.29 is 14.3 Å². The first kappa shape index (κ1) is 14.5. The Labute approximate surface area is 119 Å². The quantitative estimate of drug-likeness (QED) is 0.782. The molecule has 2 atom stereocenters. The predicted molar refractivity (Wildman–Crippen MR) is 78.2 cm³/mol. The van der Waals surface area contributed by atoms with Gasteiger partial charge in [-0.05, 0) is 24.8 Å². The number of ether oxygens (including phenoxy) is 2. The SMILES string of the molecule is CCCC1CC1NC(=O)c1cc(OC)cc(OC)c1N. The summed E-state index contributed by atoms with van der Waals surface area (Å²) in [4.78, 5) is 12.3. The Balaban J connectivity index is 2.13. The molecule has 0 radical (unpaired) electrons. The van der Waals surface area contributed by atoms with E-state index in [2.05, 4.69) is 12.2 Å². The minimum atomic E-state index is -0.164. The van der Waals surface area contributed by atoms with E-state index >= 15 is 0 Å². The predicted octanol–water partition coefficient (Wildman–Crippen LogP) is 2.20. The fourth-order valence-electron chi connectivity index (χ4n) is 2.44. The summed E-state index contributed by atoms with van der Waals surface area (Å²) in [5.41, 5.74) is 6.72. The Morgan fingerprint density at radius 1 is 1.40 bits per heavy atom. The molecule has 0 heterocycles. The summed E-state index contributed by atoms with van der Waals surface area (Å²) >= 11 is 0. The Kier molecular flexibility index (Phi) is 4.37. The minimum Gasteiger partial charge on any atom is -0.497 e. The third kappa shape index (κ3) is 2.98. The lowest BCUT2D eigenvalue weighted by atomic mass is 10.1. The number of methoxy groups -OCH3 is 2. The van der Waals surface area contributed by atoms with Crippen LogP contribution in [0.5, 0.6) is 11.5 Å². The highest BCUT2D eigenvalue weighted by Crippen LogP contribution is 2.36. The van der Waals surface area contributed by atoms with Crippen LogP contribution in [0, 0.1) is 5.92 Å². The third-order valence-electron chi connectivity index (χ3n) is 3.71. The lowest BCUT2D eigenvalue weighted by Gasteiger charge is -2.12. The van der Waals surface area contributed by atoms with Gasteiger partial charge in [0.2, 0.25) is 0 Å². The van der Waals surface area contributed by atoms with Crippen molar-refractivity contribution in [2.24, 2.45) is 5.92 Å². The van der Waals surface area contributed by atoms with Gasteiger partial charge in [0.15, 0.2) is 0 Å². The normalized spacial score (nSPS) is 20.4. The van der Waals surface area contributed by atoms with Crippen molar-refractivity contribution in [3.05, 3.63) is 17.7 Å². The second kappa shape index (κ2) is 6.03. The van der Waals surface area contributed by atoms with Gasteiger partial charge >= 0.3 is 0 Å². The van der Waals surface area contributed by atoms with Crippen molar-refractivity contribution in [2.45, 2.75) is 32.2 Å². The van der Waals surface area contributed by atoms with Gasteiger partial charge in [-0.15, -0.1) is 0 Å². The number of carbonyl (C=O) groups excluding carboxylic acids is 1. The smallest absolute Gasteiger partial charge is 0.253 e. The summed E-state index contributed by atoms with van der Waals surface area (Å²) in [5.74, 6) is 1.46. The molecule has 1 aromatic rings. The molecule has 1 saturated carbocycles. The molecule has 1 aliphatic carbocycles. The first-order chi connectivity index (χ1) is 9.60. The topological polar surface area (TPSA) is 73.6 Å². The van der Waals surface area contributed by atoms with Crippen LogP contribution in [0.1, 0.15) is 36.5 Å². The standard InChI is InChI=1S/C15H22N2O3/c1-4-5-9-6-12(9)17-15(18)11-7-10(19-2)8-13(20-3)14(11)16/h7-9,12H,4-6,16H2,1-3H3,(H,17,18). The maximum absolute atomic E-state index is 12.3. The maximum Gasteiger partial charge on any atom is 0.253 e. The highest BCUT2D eigenvalue weighted by atomic mass is 16.5. The van der Waals surface area contributed by atoms with Gasteiger partial charge in [0.05, 0.1) is 25.5 Å². The van der Waals surface area contributed by atoms with Crippen LogP contribution in [0.15, 0.2) is 12.1 Å². The van der Waals surface area contributed by atoms with E-state index < -0.39 is 0 Å². The number of hydrogen-bond acceptors (Lipinski definition) is 4. The first-order valence-corrected chi connectivity index (χ1v) is 6.93. The Morgan fingerprint density at radius 2 is 2.15 bits per heavy atom. The molecule has 110 valence electrons. The number of anilines is 1. The molecular weight excluding hydrogens is 256 g/mol. The molecule has 5 nitrogen and oxygen atoms in total. The number of rotatable bonds is 6. The molecule has 0 saturated heterocycles. The molecule has 0 aliphatic heterocycles. The van der Waals surface area contributed by atoms with Gasteiger partial charge in [-0.3, -0.25) is 4.79 Å². The van der Waals surface area contributed by atoms with Gasteiger partial charge in [0.25, 0.3) is 5.91 Å². The molecule has 2 rings (SSSR count). The van der Waals surface area contributed by atoms with E-state index in [1.54, 1.807) is 19.2 Å². The summed E-state index contributed by atoms with van der Waals surface area (Å²) in [6.07, 6.45) is 3.36. The summed E-state index contributed by atoms with van der Waals surface area (Å²) in [7, 11) is 3.07. The van der Waals surface area contributed by atoms with Crippen molar-refractivity contribution in [3.63, 3.8) is 0 Å². The second-order valence-corrected chi connectivity index (χ2v) is 5.16. The van der Waals surface area contributed by atoms with Crippen LogP contribution in [-0.4, -0.2) is 26.2 Å². The molecule has 3 N–H and O–H groups in total. The largest absolute Gasteiger partial charge is 0.497 e. The number of hydrogen-bond donors (Lipinski definition) is 2. The van der Waals surface area contributed by atoms with E-state index in [9.17, 15) is 4.79 Å².